The molecule has 0 bridgehead atoms. The molecule has 0 radical (unpaired) electrons. The number of likely N-dealkylation sites (tertiary alicyclic amines) is 1. The lowest BCUT2D eigenvalue weighted by molar-refractivity contribution is 0.0191. The molecule has 5 heteroatoms. The molecule has 1 saturated heterocycles. The zero-order valence-corrected chi connectivity index (χ0v) is 12.7. The quantitative estimate of drug-likeness (QED) is 0.786. The molecule has 114 valence electrons. The Morgan fingerprint density at radius 1 is 1.19 bits per heavy atom. The number of esters is 1. The van der Waals surface area contributed by atoms with Crippen LogP contribution in [0.5, 0.6) is 0 Å². The third kappa shape index (κ3) is 4.48. The lowest BCUT2D eigenvalue weighted by Crippen LogP contribution is -2.36. The number of nitrogens with zero attached hydrogens (tertiary/aromatic N) is 1. The van der Waals surface area contributed by atoms with Crippen LogP contribution in [0.25, 0.3) is 0 Å². The molecule has 5 nitrogen and oxygen atoms in total. The molecular weight excluding hydrogens is 270 g/mol. The summed E-state index contributed by atoms with van der Waals surface area (Å²) in [5, 5.41) is 0. The van der Waals surface area contributed by atoms with Gasteiger partial charge in [0.15, 0.2) is 0 Å². The van der Waals surface area contributed by atoms with Crippen molar-refractivity contribution in [3.05, 3.63) is 35.9 Å². The molecule has 0 aromatic heterocycles. The summed E-state index contributed by atoms with van der Waals surface area (Å²) < 4.78 is 10.7. The van der Waals surface area contributed by atoms with Gasteiger partial charge in [-0.1, -0.05) is 18.2 Å². The summed E-state index contributed by atoms with van der Waals surface area (Å²) in [7, 11) is 0. The van der Waals surface area contributed by atoms with Crippen molar-refractivity contribution in [2.75, 3.05) is 13.1 Å². The van der Waals surface area contributed by atoms with Gasteiger partial charge in [-0.25, -0.2) is 9.59 Å². The number of ether oxygens (including phenoxy) is 2. The number of benzene rings is 1. The van der Waals surface area contributed by atoms with Crippen molar-refractivity contribution in [3.8, 4) is 0 Å². The van der Waals surface area contributed by atoms with E-state index in [-0.39, 0.29) is 18.2 Å². The van der Waals surface area contributed by atoms with Crippen molar-refractivity contribution in [2.45, 2.75) is 38.9 Å². The first-order valence-electron chi connectivity index (χ1n) is 7.09. The third-order valence-electron chi connectivity index (χ3n) is 3.08. The van der Waals surface area contributed by atoms with Gasteiger partial charge in [-0.3, -0.25) is 0 Å². The fourth-order valence-corrected chi connectivity index (χ4v) is 2.11. The summed E-state index contributed by atoms with van der Waals surface area (Å²) in [5.41, 5.74) is 0.00353. The zero-order chi connectivity index (χ0) is 15.5. The molecule has 0 aliphatic carbocycles. The van der Waals surface area contributed by atoms with Gasteiger partial charge in [0.1, 0.15) is 11.7 Å². The number of carbonyl (C=O) groups excluding carboxylic acids is 2. The summed E-state index contributed by atoms with van der Waals surface area (Å²) in [6, 6.07) is 8.85. The molecule has 2 rings (SSSR count). The molecule has 1 aromatic carbocycles. The Hall–Kier alpha value is -2.04. The van der Waals surface area contributed by atoms with Crippen LogP contribution in [-0.4, -0.2) is 41.8 Å². The van der Waals surface area contributed by atoms with E-state index in [9.17, 15) is 9.59 Å². The molecule has 0 N–H and O–H groups in total. The highest BCUT2D eigenvalue weighted by molar-refractivity contribution is 5.89. The summed E-state index contributed by atoms with van der Waals surface area (Å²) in [6.45, 7) is 6.41. The molecule has 0 unspecified atom stereocenters. The number of amides is 1. The van der Waals surface area contributed by atoms with Gasteiger partial charge < -0.3 is 14.4 Å². The number of hydrogen-bond donors (Lipinski definition) is 0. The van der Waals surface area contributed by atoms with Crippen LogP contribution in [0.2, 0.25) is 0 Å². The molecule has 0 saturated carbocycles. The first-order chi connectivity index (χ1) is 9.85. The van der Waals surface area contributed by atoms with Crippen molar-refractivity contribution in [3.63, 3.8) is 0 Å². The average Bonchev–Trinajstić information content (AvgIpc) is 2.86. The van der Waals surface area contributed by atoms with Crippen molar-refractivity contribution < 1.29 is 19.1 Å². The van der Waals surface area contributed by atoms with E-state index in [4.69, 9.17) is 9.47 Å². The molecule has 1 aliphatic rings. The van der Waals surface area contributed by atoms with Crippen molar-refractivity contribution in [1.82, 2.24) is 4.90 Å². The molecule has 21 heavy (non-hydrogen) atoms. The van der Waals surface area contributed by atoms with Crippen molar-refractivity contribution in [2.24, 2.45) is 0 Å². The molecule has 1 aliphatic heterocycles. The third-order valence-corrected chi connectivity index (χ3v) is 3.08. The minimum absolute atomic E-state index is 0.273. The second-order valence-electron chi connectivity index (χ2n) is 6.11. The smallest absolute Gasteiger partial charge is 0.410 e. The van der Waals surface area contributed by atoms with E-state index in [1.165, 1.54) is 0 Å². The number of rotatable bonds is 2. The van der Waals surface area contributed by atoms with Gasteiger partial charge >= 0.3 is 12.1 Å². The van der Waals surface area contributed by atoms with Crippen LogP contribution in [0.15, 0.2) is 30.3 Å². The molecule has 1 amide bonds. The fourth-order valence-electron chi connectivity index (χ4n) is 2.11. The highest BCUT2D eigenvalue weighted by atomic mass is 16.6. The van der Waals surface area contributed by atoms with Gasteiger partial charge in [0, 0.05) is 13.0 Å². The second kappa shape index (κ2) is 6.16. The zero-order valence-electron chi connectivity index (χ0n) is 12.7. The van der Waals surface area contributed by atoms with E-state index in [2.05, 4.69) is 0 Å². The maximum Gasteiger partial charge on any atom is 0.410 e. The van der Waals surface area contributed by atoms with E-state index in [1.807, 2.05) is 26.8 Å². The highest BCUT2D eigenvalue weighted by Crippen LogP contribution is 2.18. The van der Waals surface area contributed by atoms with Gasteiger partial charge in [-0.05, 0) is 32.9 Å². The van der Waals surface area contributed by atoms with Gasteiger partial charge in [0.05, 0.1) is 12.1 Å². The molecule has 1 aromatic rings. The fraction of sp³-hybridized carbons (Fsp3) is 0.500. The van der Waals surface area contributed by atoms with Crippen LogP contribution >= 0.6 is 0 Å². The summed E-state index contributed by atoms with van der Waals surface area (Å²) in [6.07, 6.45) is 0.00338. The van der Waals surface area contributed by atoms with Crippen LogP contribution < -0.4 is 0 Å². The van der Waals surface area contributed by atoms with Gasteiger partial charge in [0.25, 0.3) is 0 Å². The maximum atomic E-state index is 11.9. The molecule has 1 atom stereocenters. The first-order valence-corrected chi connectivity index (χ1v) is 7.09. The predicted octanol–water partition coefficient (Wildman–Crippen LogP) is 2.85. The standard InChI is InChI=1S/C16H21NO4/c1-16(2,3)21-15(19)17-10-9-13(11-17)20-14(18)12-7-5-4-6-8-12/h4-8,13H,9-11H2,1-3H3/t13-/m1/s1. The maximum absolute atomic E-state index is 11.9. The van der Waals surface area contributed by atoms with E-state index < -0.39 is 5.60 Å². The minimum atomic E-state index is -0.518. The minimum Gasteiger partial charge on any atom is -0.457 e. The Bertz CT molecular complexity index is 507. The van der Waals surface area contributed by atoms with Gasteiger partial charge in [0.2, 0.25) is 0 Å². The largest absolute Gasteiger partial charge is 0.457 e. The Balaban J connectivity index is 1.86. The summed E-state index contributed by atoms with van der Waals surface area (Å²) >= 11 is 0. The van der Waals surface area contributed by atoms with Crippen LogP contribution in [0.3, 0.4) is 0 Å². The van der Waals surface area contributed by atoms with Crippen LogP contribution in [0.4, 0.5) is 4.79 Å². The van der Waals surface area contributed by atoms with Gasteiger partial charge in [-0.15, -0.1) is 0 Å². The van der Waals surface area contributed by atoms with Crippen LogP contribution in [0, 0.1) is 0 Å². The Morgan fingerprint density at radius 2 is 1.86 bits per heavy atom. The van der Waals surface area contributed by atoms with E-state index in [1.54, 1.807) is 29.2 Å². The lowest BCUT2D eigenvalue weighted by Gasteiger charge is -2.24. The summed E-state index contributed by atoms with van der Waals surface area (Å²) in [5.74, 6) is -0.355. The number of carbonyl (C=O) groups is 2. The predicted molar refractivity (Wildman–Crippen MR) is 78.1 cm³/mol. The second-order valence-corrected chi connectivity index (χ2v) is 6.11. The van der Waals surface area contributed by atoms with Crippen LogP contribution in [-0.2, 0) is 9.47 Å². The average molecular weight is 291 g/mol. The topological polar surface area (TPSA) is 55.8 Å². The van der Waals surface area contributed by atoms with Gasteiger partial charge in [-0.2, -0.15) is 0 Å². The first kappa shape index (κ1) is 15.4. The van der Waals surface area contributed by atoms with E-state index in [0.717, 1.165) is 0 Å². The van der Waals surface area contributed by atoms with Crippen molar-refractivity contribution in [1.29, 1.82) is 0 Å². The summed E-state index contributed by atoms with van der Waals surface area (Å²) in [4.78, 5) is 25.5. The molecule has 1 fully saturated rings. The SMILES string of the molecule is CC(C)(C)OC(=O)N1CC[C@@H](OC(=O)c2ccccc2)C1. The monoisotopic (exact) mass is 291 g/mol. The molecular formula is C16H21NO4. The number of hydrogen-bond acceptors (Lipinski definition) is 4. The van der Waals surface area contributed by atoms with Crippen molar-refractivity contribution >= 4 is 12.1 Å². The highest BCUT2D eigenvalue weighted by Gasteiger charge is 2.31. The Labute approximate surface area is 124 Å². The van der Waals surface area contributed by atoms with Crippen LogP contribution in [0.1, 0.15) is 37.6 Å². The Morgan fingerprint density at radius 3 is 2.48 bits per heavy atom. The molecule has 1 heterocycles. The van der Waals surface area contributed by atoms with E-state index >= 15 is 0 Å². The Kier molecular flexibility index (Phi) is 4.50. The van der Waals surface area contributed by atoms with E-state index in [0.29, 0.717) is 25.1 Å². The molecule has 0 spiro atoms. The lowest BCUT2D eigenvalue weighted by atomic mass is 10.2. The normalized spacial score (nSPS) is 18.4.